The molecular formula is C19H21N3O4. The second-order valence-electron chi connectivity index (χ2n) is 6.26. The summed E-state index contributed by atoms with van der Waals surface area (Å²) in [5.41, 5.74) is 7.28. The van der Waals surface area contributed by atoms with Gasteiger partial charge in [0.2, 0.25) is 0 Å². The van der Waals surface area contributed by atoms with Crippen LogP contribution in [-0.2, 0) is 6.54 Å². The number of hydrogen-bond acceptors (Lipinski definition) is 5. The summed E-state index contributed by atoms with van der Waals surface area (Å²) in [5, 5.41) is 10.7. The van der Waals surface area contributed by atoms with E-state index >= 15 is 0 Å². The van der Waals surface area contributed by atoms with Crippen LogP contribution < -0.4 is 10.5 Å². The summed E-state index contributed by atoms with van der Waals surface area (Å²) < 4.78 is 5.88. The molecule has 0 atom stereocenters. The van der Waals surface area contributed by atoms with Crippen molar-refractivity contribution in [2.45, 2.75) is 25.5 Å². The Balaban J connectivity index is 1.53. The molecule has 1 aliphatic rings. The maximum absolute atomic E-state index is 12.6. The molecule has 0 spiro atoms. The molecule has 7 nitrogen and oxygen atoms in total. The number of nitrogens with two attached hydrogens (primary N) is 1. The highest BCUT2D eigenvalue weighted by Crippen LogP contribution is 2.22. The van der Waals surface area contributed by atoms with E-state index in [1.54, 1.807) is 12.1 Å². The number of benzene rings is 2. The zero-order chi connectivity index (χ0) is 18.5. The highest BCUT2D eigenvalue weighted by atomic mass is 16.6. The van der Waals surface area contributed by atoms with Crippen LogP contribution in [0.5, 0.6) is 5.75 Å². The number of piperidine rings is 1. The minimum atomic E-state index is -0.437. The smallest absolute Gasteiger partial charge is 0.269 e. The van der Waals surface area contributed by atoms with Crippen molar-refractivity contribution < 1.29 is 14.5 Å². The van der Waals surface area contributed by atoms with E-state index in [-0.39, 0.29) is 17.7 Å². The van der Waals surface area contributed by atoms with E-state index in [4.69, 9.17) is 10.5 Å². The predicted molar refractivity (Wildman–Crippen MR) is 97.0 cm³/mol. The summed E-state index contributed by atoms with van der Waals surface area (Å²) in [4.78, 5) is 24.6. The summed E-state index contributed by atoms with van der Waals surface area (Å²) >= 11 is 0. The van der Waals surface area contributed by atoms with Gasteiger partial charge in [-0.15, -0.1) is 0 Å². The first kappa shape index (κ1) is 17.9. The number of rotatable bonds is 5. The van der Waals surface area contributed by atoms with Crippen molar-refractivity contribution in [3.8, 4) is 5.75 Å². The molecule has 0 unspecified atom stereocenters. The van der Waals surface area contributed by atoms with E-state index in [1.165, 1.54) is 12.1 Å². The minimum absolute atomic E-state index is 0.000113. The maximum atomic E-state index is 12.6. The lowest BCUT2D eigenvalue weighted by Gasteiger charge is -2.32. The van der Waals surface area contributed by atoms with Gasteiger partial charge in [0.1, 0.15) is 11.9 Å². The first-order valence-electron chi connectivity index (χ1n) is 8.56. The SMILES string of the molecule is NCc1ccc(C(=O)N2CCC(Oc3ccc([N+](=O)[O-])cc3)CC2)cc1. The van der Waals surface area contributed by atoms with Crippen LogP contribution in [0.3, 0.4) is 0 Å². The van der Waals surface area contributed by atoms with Crippen molar-refractivity contribution >= 4 is 11.6 Å². The van der Waals surface area contributed by atoms with Gasteiger partial charge >= 0.3 is 0 Å². The van der Waals surface area contributed by atoms with E-state index < -0.39 is 4.92 Å². The van der Waals surface area contributed by atoms with Crippen molar-refractivity contribution in [1.29, 1.82) is 0 Å². The molecule has 136 valence electrons. The molecule has 0 saturated carbocycles. The molecule has 3 rings (SSSR count). The molecule has 1 aliphatic heterocycles. The number of ether oxygens (including phenoxy) is 1. The van der Waals surface area contributed by atoms with Gasteiger partial charge in [-0.05, 0) is 29.8 Å². The summed E-state index contributed by atoms with van der Waals surface area (Å²) in [7, 11) is 0. The third kappa shape index (κ3) is 4.18. The Hall–Kier alpha value is -2.93. The van der Waals surface area contributed by atoms with Crippen LogP contribution in [0.4, 0.5) is 5.69 Å². The lowest BCUT2D eigenvalue weighted by Crippen LogP contribution is -2.41. The molecule has 2 N–H and O–H groups in total. The van der Waals surface area contributed by atoms with Gasteiger partial charge in [0, 0.05) is 50.2 Å². The number of nitro benzene ring substituents is 1. The quantitative estimate of drug-likeness (QED) is 0.657. The van der Waals surface area contributed by atoms with E-state index in [0.29, 0.717) is 30.9 Å². The Bertz CT molecular complexity index is 766. The number of non-ortho nitro benzene ring substituents is 1. The van der Waals surface area contributed by atoms with Crippen LogP contribution in [0.1, 0.15) is 28.8 Å². The van der Waals surface area contributed by atoms with Crippen LogP contribution in [0.15, 0.2) is 48.5 Å². The van der Waals surface area contributed by atoms with E-state index in [2.05, 4.69) is 0 Å². The van der Waals surface area contributed by atoms with Crippen molar-refractivity contribution in [3.63, 3.8) is 0 Å². The van der Waals surface area contributed by atoms with Gasteiger partial charge in [-0.1, -0.05) is 12.1 Å². The predicted octanol–water partition coefficient (Wildman–Crippen LogP) is 2.74. The molecule has 1 amide bonds. The fourth-order valence-corrected chi connectivity index (χ4v) is 2.98. The Kier molecular flexibility index (Phi) is 5.48. The number of carbonyl (C=O) groups excluding carboxylic acids is 1. The zero-order valence-electron chi connectivity index (χ0n) is 14.3. The van der Waals surface area contributed by atoms with E-state index in [9.17, 15) is 14.9 Å². The molecule has 0 aliphatic carbocycles. The van der Waals surface area contributed by atoms with E-state index in [1.807, 2.05) is 29.2 Å². The molecule has 2 aromatic rings. The van der Waals surface area contributed by atoms with Crippen LogP contribution in [0.2, 0.25) is 0 Å². The third-order valence-electron chi connectivity index (χ3n) is 4.52. The highest BCUT2D eigenvalue weighted by molar-refractivity contribution is 5.94. The molecule has 7 heteroatoms. The molecular weight excluding hydrogens is 334 g/mol. The van der Waals surface area contributed by atoms with Crippen LogP contribution in [0.25, 0.3) is 0 Å². The van der Waals surface area contributed by atoms with E-state index in [0.717, 1.165) is 18.4 Å². The second-order valence-corrected chi connectivity index (χ2v) is 6.26. The largest absolute Gasteiger partial charge is 0.490 e. The molecule has 1 saturated heterocycles. The van der Waals surface area contributed by atoms with Gasteiger partial charge in [-0.3, -0.25) is 14.9 Å². The molecule has 1 fully saturated rings. The fraction of sp³-hybridized carbons (Fsp3) is 0.316. The molecule has 0 bridgehead atoms. The summed E-state index contributed by atoms with van der Waals surface area (Å²) in [6, 6.07) is 13.4. The number of likely N-dealkylation sites (tertiary alicyclic amines) is 1. The zero-order valence-corrected chi connectivity index (χ0v) is 14.3. The number of amides is 1. The minimum Gasteiger partial charge on any atom is -0.490 e. The van der Waals surface area contributed by atoms with Crippen LogP contribution >= 0.6 is 0 Å². The first-order valence-corrected chi connectivity index (χ1v) is 8.56. The number of nitro groups is 1. The highest BCUT2D eigenvalue weighted by Gasteiger charge is 2.24. The first-order chi connectivity index (χ1) is 12.6. The summed E-state index contributed by atoms with van der Waals surface area (Å²) in [6.07, 6.45) is 1.45. The Morgan fingerprint density at radius 3 is 2.27 bits per heavy atom. The lowest BCUT2D eigenvalue weighted by molar-refractivity contribution is -0.384. The second kappa shape index (κ2) is 7.97. The van der Waals surface area contributed by atoms with Gasteiger partial charge < -0.3 is 15.4 Å². The number of nitrogens with zero attached hydrogens (tertiary/aromatic N) is 2. The van der Waals surface area contributed by atoms with Crippen LogP contribution in [0, 0.1) is 10.1 Å². The average Bonchev–Trinajstić information content (AvgIpc) is 2.68. The number of carbonyl (C=O) groups is 1. The summed E-state index contributed by atoms with van der Waals surface area (Å²) in [6.45, 7) is 1.70. The van der Waals surface area contributed by atoms with Crippen molar-refractivity contribution in [3.05, 3.63) is 69.8 Å². The number of hydrogen-bond donors (Lipinski definition) is 1. The van der Waals surface area contributed by atoms with Gasteiger partial charge in [-0.2, -0.15) is 0 Å². The maximum Gasteiger partial charge on any atom is 0.269 e. The average molecular weight is 355 g/mol. The lowest BCUT2D eigenvalue weighted by atomic mass is 10.1. The van der Waals surface area contributed by atoms with Gasteiger partial charge in [-0.25, -0.2) is 0 Å². The summed E-state index contributed by atoms with van der Waals surface area (Å²) in [5.74, 6) is 0.625. The molecule has 1 heterocycles. The standard InChI is InChI=1S/C19H21N3O4/c20-13-14-1-3-15(4-2-14)19(23)21-11-9-18(10-12-21)26-17-7-5-16(6-8-17)22(24)25/h1-8,18H,9-13,20H2. The molecule has 0 aromatic heterocycles. The normalized spacial score (nSPS) is 14.9. The van der Waals surface area contributed by atoms with Crippen LogP contribution in [-0.4, -0.2) is 34.9 Å². The van der Waals surface area contributed by atoms with Gasteiger partial charge in [0.05, 0.1) is 4.92 Å². The Morgan fingerprint density at radius 1 is 1.12 bits per heavy atom. The van der Waals surface area contributed by atoms with Gasteiger partial charge in [0.25, 0.3) is 11.6 Å². The fourth-order valence-electron chi connectivity index (χ4n) is 2.98. The molecule has 0 radical (unpaired) electrons. The molecule has 2 aromatic carbocycles. The molecule has 26 heavy (non-hydrogen) atoms. The van der Waals surface area contributed by atoms with Crippen molar-refractivity contribution in [1.82, 2.24) is 4.90 Å². The van der Waals surface area contributed by atoms with Crippen molar-refractivity contribution in [2.24, 2.45) is 5.73 Å². The Morgan fingerprint density at radius 2 is 1.73 bits per heavy atom. The topological polar surface area (TPSA) is 98.7 Å². The third-order valence-corrected chi connectivity index (χ3v) is 4.52. The van der Waals surface area contributed by atoms with Crippen molar-refractivity contribution in [2.75, 3.05) is 13.1 Å². The van der Waals surface area contributed by atoms with Gasteiger partial charge in [0.15, 0.2) is 0 Å². The monoisotopic (exact) mass is 355 g/mol. The Labute approximate surface area is 151 Å².